The summed E-state index contributed by atoms with van der Waals surface area (Å²) < 4.78 is 26.3. The number of hydrogen-bond donors (Lipinski definition) is 0. The number of benzene rings is 1. The van der Waals surface area contributed by atoms with Gasteiger partial charge in [-0.3, -0.25) is 8.78 Å². The Morgan fingerprint density at radius 2 is 1.90 bits per heavy atom. The van der Waals surface area contributed by atoms with Crippen LogP contribution < -0.4 is 4.90 Å². The summed E-state index contributed by atoms with van der Waals surface area (Å²) in [4.78, 5) is 5.94. The fourth-order valence-electron chi connectivity index (χ4n) is 1.48. The van der Waals surface area contributed by atoms with Crippen molar-refractivity contribution in [1.29, 1.82) is 0 Å². The topological polar surface area (TPSA) is 16.1 Å². The molecule has 1 aromatic carbocycles. The van der Waals surface area contributed by atoms with Crippen LogP contribution in [0.3, 0.4) is 0 Å². The molecule has 0 atom stereocenters. The van der Waals surface area contributed by atoms with E-state index in [-0.39, 0.29) is 13.0 Å². The first-order chi connectivity index (χ1) is 9.08. The van der Waals surface area contributed by atoms with Gasteiger partial charge < -0.3 is 17.3 Å². The van der Waals surface area contributed by atoms with E-state index in [0.717, 1.165) is 17.8 Å². The second-order valence-corrected chi connectivity index (χ2v) is 3.83. The zero-order chi connectivity index (χ0) is 14.4. The Balaban J connectivity index is 0.00000115. The molecule has 2 nitrogen and oxygen atoms in total. The normalized spacial score (nSPS) is 9.10. The summed E-state index contributed by atoms with van der Waals surface area (Å²) in [6, 6.07) is 8.02. The Morgan fingerprint density at radius 3 is 2.45 bits per heavy atom. The Morgan fingerprint density at radius 1 is 1.25 bits per heavy atom. The molecule has 0 aliphatic heterocycles. The van der Waals surface area contributed by atoms with Gasteiger partial charge in [-0.05, 0) is 11.8 Å². The van der Waals surface area contributed by atoms with E-state index >= 15 is 0 Å². The second kappa shape index (κ2) is 9.01. The van der Waals surface area contributed by atoms with Crippen molar-refractivity contribution in [2.45, 2.75) is 0 Å². The fraction of sp³-hybridized carbons (Fsp3) is 0.143. The second-order valence-electron chi connectivity index (χ2n) is 3.83. The quantitative estimate of drug-likeness (QED) is 0.614. The van der Waals surface area contributed by atoms with Crippen LogP contribution in [-0.4, -0.2) is 19.1 Å². The van der Waals surface area contributed by atoms with Gasteiger partial charge in [-0.1, -0.05) is 17.7 Å². The molecule has 1 radical (unpaired) electrons. The SMILES string of the molecule is CN(C)c1ccnc(-c2[c-]cc(F)cc2F)c1.[CH2-].[Cl][Ir+2]. The molecular weight excluding hydrogens is 462 g/mol. The van der Waals surface area contributed by atoms with E-state index in [2.05, 4.69) is 20.6 Å². The molecule has 2 rings (SSSR count). The molecule has 0 aliphatic carbocycles. The van der Waals surface area contributed by atoms with Crippen LogP contribution in [0, 0.1) is 25.1 Å². The third-order valence-electron chi connectivity index (χ3n) is 2.37. The number of nitrogens with zero attached hydrogens (tertiary/aromatic N) is 2. The van der Waals surface area contributed by atoms with Crippen LogP contribution in [0.5, 0.6) is 0 Å². The third-order valence-corrected chi connectivity index (χ3v) is 2.37. The molecule has 109 valence electrons. The van der Waals surface area contributed by atoms with Crippen molar-refractivity contribution >= 4 is 15.3 Å². The van der Waals surface area contributed by atoms with E-state index in [1.807, 2.05) is 25.1 Å². The standard InChI is InChI=1S/C13H11F2N2.CH2.ClH.Ir/c1-17(2)10-5-6-16-13(8-10)11-4-3-9(14)7-12(11)15;;;/h3,5-8H,1-2H3;1H2;1H;/q2*-1;;+3/p-1. The van der Waals surface area contributed by atoms with Gasteiger partial charge >= 0.3 is 27.5 Å². The molecule has 0 saturated carbocycles. The van der Waals surface area contributed by atoms with Crippen LogP contribution >= 0.6 is 9.58 Å². The summed E-state index contributed by atoms with van der Waals surface area (Å²) in [6.07, 6.45) is 1.58. The van der Waals surface area contributed by atoms with Gasteiger partial charge in [0.1, 0.15) is 0 Å². The number of rotatable bonds is 2. The van der Waals surface area contributed by atoms with Gasteiger partial charge in [0.2, 0.25) is 0 Å². The molecule has 0 aliphatic rings. The Bertz CT molecular complexity index is 550. The monoisotopic (exact) mass is 475 g/mol. The van der Waals surface area contributed by atoms with Crippen LogP contribution in [0.1, 0.15) is 0 Å². The maximum absolute atomic E-state index is 13.5. The summed E-state index contributed by atoms with van der Waals surface area (Å²) in [5, 5.41) is 0. The van der Waals surface area contributed by atoms with Crippen molar-refractivity contribution in [3.8, 4) is 11.3 Å². The average molecular weight is 475 g/mol. The van der Waals surface area contributed by atoms with Crippen LogP contribution in [0.4, 0.5) is 14.5 Å². The predicted molar refractivity (Wildman–Crippen MR) is 74.0 cm³/mol. The third kappa shape index (κ3) is 4.82. The molecule has 1 aromatic heterocycles. The summed E-state index contributed by atoms with van der Waals surface area (Å²) in [5.74, 6) is -1.30. The molecule has 2 aromatic rings. The van der Waals surface area contributed by atoms with E-state index < -0.39 is 11.6 Å². The van der Waals surface area contributed by atoms with Crippen molar-refractivity contribution in [2.24, 2.45) is 0 Å². The van der Waals surface area contributed by atoms with Gasteiger partial charge in [-0.15, -0.1) is 12.1 Å². The molecule has 0 bridgehead atoms. The van der Waals surface area contributed by atoms with Gasteiger partial charge in [0.05, 0.1) is 0 Å². The van der Waals surface area contributed by atoms with E-state index in [1.54, 1.807) is 12.3 Å². The number of halogens is 3. The molecule has 0 fully saturated rings. The molecule has 20 heavy (non-hydrogen) atoms. The number of hydrogen-bond acceptors (Lipinski definition) is 2. The number of aromatic nitrogens is 1. The maximum atomic E-state index is 13.5. The molecule has 0 saturated heterocycles. The summed E-state index contributed by atoms with van der Waals surface area (Å²) in [7, 11) is 8.40. The van der Waals surface area contributed by atoms with Crippen molar-refractivity contribution in [3.63, 3.8) is 0 Å². The van der Waals surface area contributed by atoms with Crippen LogP contribution in [0.15, 0.2) is 30.5 Å². The molecule has 0 unspecified atom stereocenters. The van der Waals surface area contributed by atoms with Crippen LogP contribution in [-0.2, 0) is 17.9 Å². The Labute approximate surface area is 132 Å². The zero-order valence-corrected chi connectivity index (χ0v) is 14.1. The van der Waals surface area contributed by atoms with Gasteiger partial charge in [0.25, 0.3) is 0 Å². The van der Waals surface area contributed by atoms with E-state index in [0.29, 0.717) is 5.69 Å². The predicted octanol–water partition coefficient (Wildman–Crippen LogP) is 3.91. The van der Waals surface area contributed by atoms with Gasteiger partial charge in [-0.25, -0.2) is 0 Å². The molecule has 6 heteroatoms. The van der Waals surface area contributed by atoms with Crippen LogP contribution in [0.25, 0.3) is 11.3 Å². The first-order valence-electron chi connectivity index (χ1n) is 5.21. The molecule has 0 N–H and O–H groups in total. The molecular formula is C14H13ClF2IrN2. The van der Waals surface area contributed by atoms with E-state index in [9.17, 15) is 8.78 Å². The Kier molecular flexibility index (Phi) is 8.54. The van der Waals surface area contributed by atoms with Gasteiger partial charge in [0.15, 0.2) is 0 Å². The minimum atomic E-state index is -0.659. The molecule has 0 spiro atoms. The van der Waals surface area contributed by atoms with Gasteiger partial charge in [0, 0.05) is 37.6 Å². The van der Waals surface area contributed by atoms with Crippen molar-refractivity contribution in [3.05, 3.63) is 55.6 Å². The summed E-state index contributed by atoms with van der Waals surface area (Å²) in [5.41, 5.74) is 1.51. The molecule has 1 heterocycles. The van der Waals surface area contributed by atoms with Gasteiger partial charge in [-0.2, -0.15) is 0 Å². The molecule has 0 amide bonds. The summed E-state index contributed by atoms with van der Waals surface area (Å²) >= 11 is 1.47. The first-order valence-corrected chi connectivity index (χ1v) is 8.18. The van der Waals surface area contributed by atoms with Crippen molar-refractivity contribution in [2.75, 3.05) is 19.0 Å². The average Bonchev–Trinajstić information content (AvgIpc) is 2.41. The fourth-order valence-corrected chi connectivity index (χ4v) is 1.48. The van der Waals surface area contributed by atoms with E-state index in [1.165, 1.54) is 17.9 Å². The zero-order valence-electron chi connectivity index (χ0n) is 11.0. The minimum absolute atomic E-state index is 0. The van der Waals surface area contributed by atoms with Crippen molar-refractivity contribution in [1.82, 2.24) is 4.98 Å². The first kappa shape index (κ1) is 19.0. The number of anilines is 1. The number of pyridine rings is 1. The van der Waals surface area contributed by atoms with Crippen LogP contribution in [0.2, 0.25) is 0 Å². The Hall–Kier alpha value is -1.03. The van der Waals surface area contributed by atoms with E-state index in [4.69, 9.17) is 0 Å². The summed E-state index contributed by atoms with van der Waals surface area (Å²) in [6.45, 7) is 0. The van der Waals surface area contributed by atoms with Crippen molar-refractivity contribution < 1.29 is 26.7 Å².